The fourth-order valence-electron chi connectivity index (χ4n) is 1.67. The average Bonchev–Trinajstić information content (AvgIpc) is 3.00. The van der Waals surface area contributed by atoms with Gasteiger partial charge in [0.25, 0.3) is 10.0 Å². The zero-order chi connectivity index (χ0) is 15.2. The molecule has 0 spiro atoms. The zero-order valence-corrected chi connectivity index (χ0v) is 12.2. The molecule has 0 radical (unpaired) electrons. The smallest absolute Gasteiger partial charge is 0.217 e. The first kappa shape index (κ1) is 14.0. The second-order valence-corrected chi connectivity index (χ2v) is 7.07. The Balaban J connectivity index is 2.06. The number of halogens is 2. The van der Waals surface area contributed by atoms with Crippen LogP contribution in [0.3, 0.4) is 0 Å². The van der Waals surface area contributed by atoms with Gasteiger partial charge in [0.15, 0.2) is 11.6 Å². The average molecular weight is 330 g/mol. The monoisotopic (exact) mass is 330 g/mol. The van der Waals surface area contributed by atoms with Gasteiger partial charge in [0.05, 0.1) is 11.9 Å². The maximum absolute atomic E-state index is 13.2. The molecule has 0 bridgehead atoms. The number of hydrogen-bond donors (Lipinski definition) is 1. The molecule has 0 unspecified atom stereocenters. The third-order valence-electron chi connectivity index (χ3n) is 2.74. The molecule has 110 valence electrons. The van der Waals surface area contributed by atoms with Crippen LogP contribution in [0.2, 0.25) is 0 Å². The summed E-state index contributed by atoms with van der Waals surface area (Å²) in [5.41, 5.74) is 0.755. The molecule has 3 rings (SSSR count). The van der Waals surface area contributed by atoms with Crippen LogP contribution in [0.15, 0.2) is 28.7 Å². The zero-order valence-electron chi connectivity index (χ0n) is 10.5. The van der Waals surface area contributed by atoms with Gasteiger partial charge in [0.1, 0.15) is 0 Å². The molecule has 10 heteroatoms. The Labute approximate surface area is 122 Å². The van der Waals surface area contributed by atoms with Crippen molar-refractivity contribution in [2.24, 2.45) is 0 Å². The molecule has 0 aliphatic heterocycles. The summed E-state index contributed by atoms with van der Waals surface area (Å²) in [4.78, 5) is 4.50. The quantitative estimate of drug-likeness (QED) is 0.792. The van der Waals surface area contributed by atoms with E-state index in [1.807, 2.05) is 0 Å². The van der Waals surface area contributed by atoms with E-state index < -0.39 is 21.7 Å². The van der Waals surface area contributed by atoms with Crippen LogP contribution in [0.25, 0.3) is 16.2 Å². The van der Waals surface area contributed by atoms with E-state index in [2.05, 4.69) is 14.8 Å². The first-order chi connectivity index (χ1) is 9.90. The summed E-state index contributed by atoms with van der Waals surface area (Å²) in [6.45, 7) is 0. The Bertz CT molecular complexity index is 902. The van der Waals surface area contributed by atoms with E-state index in [0.717, 1.165) is 23.5 Å². The fraction of sp³-hybridized carbons (Fsp3) is 0.0909. The van der Waals surface area contributed by atoms with Gasteiger partial charge in [-0.2, -0.15) is 0 Å². The van der Waals surface area contributed by atoms with Gasteiger partial charge >= 0.3 is 0 Å². The van der Waals surface area contributed by atoms with Crippen molar-refractivity contribution >= 4 is 26.3 Å². The van der Waals surface area contributed by atoms with E-state index in [1.165, 1.54) is 23.8 Å². The van der Waals surface area contributed by atoms with Crippen LogP contribution in [-0.2, 0) is 10.0 Å². The Morgan fingerprint density at radius 1 is 1.29 bits per heavy atom. The second-order valence-electron chi connectivity index (χ2n) is 4.06. The highest BCUT2D eigenvalue weighted by Crippen LogP contribution is 2.25. The van der Waals surface area contributed by atoms with E-state index >= 15 is 0 Å². The number of imidazole rings is 1. The Morgan fingerprint density at radius 3 is 2.67 bits per heavy atom. The highest BCUT2D eigenvalue weighted by atomic mass is 32.2. The predicted octanol–water partition coefficient (Wildman–Crippen LogP) is 1.64. The standard InChI is InChI=1S/C11H8F2N4O2S2/c1-14-21(18,19)11-16-17-5-9(15-10(17)20-11)6-2-3-7(12)8(13)4-6/h2-5,14H,1H3. The summed E-state index contributed by atoms with van der Waals surface area (Å²) < 4.78 is 52.6. The largest absolute Gasteiger partial charge is 0.269 e. The molecule has 0 amide bonds. The number of nitrogens with one attached hydrogen (secondary N) is 1. The number of rotatable bonds is 3. The molecule has 2 aromatic heterocycles. The SMILES string of the molecule is CNS(=O)(=O)c1nn2cc(-c3ccc(F)c(F)c3)nc2s1. The summed E-state index contributed by atoms with van der Waals surface area (Å²) in [6.07, 6.45) is 1.45. The Morgan fingerprint density at radius 2 is 2.05 bits per heavy atom. The molecule has 0 saturated carbocycles. The van der Waals surface area contributed by atoms with Crippen LogP contribution < -0.4 is 4.72 Å². The molecule has 0 saturated heterocycles. The van der Waals surface area contributed by atoms with Crippen LogP contribution in [0.4, 0.5) is 8.78 Å². The summed E-state index contributed by atoms with van der Waals surface area (Å²) >= 11 is 0.874. The van der Waals surface area contributed by atoms with Gasteiger partial charge in [0.2, 0.25) is 9.30 Å². The lowest BCUT2D eigenvalue weighted by Crippen LogP contribution is -2.18. The van der Waals surface area contributed by atoms with E-state index in [1.54, 1.807) is 0 Å². The molecular weight excluding hydrogens is 322 g/mol. The molecule has 2 heterocycles. The minimum Gasteiger partial charge on any atom is -0.217 e. The molecule has 0 aliphatic carbocycles. The van der Waals surface area contributed by atoms with Crippen molar-refractivity contribution in [1.82, 2.24) is 19.3 Å². The topological polar surface area (TPSA) is 76.4 Å². The first-order valence-electron chi connectivity index (χ1n) is 5.66. The molecule has 1 aromatic carbocycles. The minimum atomic E-state index is -3.63. The normalized spacial score (nSPS) is 12.1. The molecule has 21 heavy (non-hydrogen) atoms. The van der Waals surface area contributed by atoms with Crippen LogP contribution in [0, 0.1) is 11.6 Å². The molecule has 6 nitrogen and oxygen atoms in total. The summed E-state index contributed by atoms with van der Waals surface area (Å²) in [6, 6.07) is 3.41. The molecular formula is C11H8F2N4O2S2. The third kappa shape index (κ3) is 2.41. The maximum atomic E-state index is 13.2. The summed E-state index contributed by atoms with van der Waals surface area (Å²) in [7, 11) is -2.35. The highest BCUT2D eigenvalue weighted by Gasteiger charge is 2.19. The number of aromatic nitrogens is 3. The number of nitrogens with zero attached hydrogens (tertiary/aromatic N) is 3. The number of hydrogen-bond acceptors (Lipinski definition) is 5. The predicted molar refractivity (Wildman–Crippen MR) is 72.5 cm³/mol. The number of fused-ring (bicyclic) bond motifs is 1. The van der Waals surface area contributed by atoms with Gasteiger partial charge in [-0.15, -0.1) is 5.10 Å². The Hall–Kier alpha value is -1.91. The number of sulfonamides is 1. The van der Waals surface area contributed by atoms with Crippen molar-refractivity contribution in [2.75, 3.05) is 7.05 Å². The van der Waals surface area contributed by atoms with Gasteiger partial charge in [-0.05, 0) is 25.2 Å². The van der Waals surface area contributed by atoms with Crippen molar-refractivity contribution in [2.45, 2.75) is 4.34 Å². The van der Waals surface area contributed by atoms with Gasteiger partial charge < -0.3 is 0 Å². The third-order valence-corrected chi connectivity index (χ3v) is 5.44. The van der Waals surface area contributed by atoms with Crippen molar-refractivity contribution in [3.63, 3.8) is 0 Å². The minimum absolute atomic E-state index is 0.121. The lowest BCUT2D eigenvalue weighted by Gasteiger charge is -1.97. The van der Waals surface area contributed by atoms with E-state index in [9.17, 15) is 17.2 Å². The van der Waals surface area contributed by atoms with Gasteiger partial charge in [-0.25, -0.2) is 31.4 Å². The summed E-state index contributed by atoms with van der Waals surface area (Å²) in [5.74, 6) is -1.92. The molecule has 3 aromatic rings. The van der Waals surface area contributed by atoms with Crippen LogP contribution in [-0.4, -0.2) is 30.1 Å². The van der Waals surface area contributed by atoms with E-state index in [-0.39, 0.29) is 4.34 Å². The second kappa shape index (κ2) is 4.83. The van der Waals surface area contributed by atoms with Gasteiger partial charge in [-0.1, -0.05) is 11.3 Å². The van der Waals surface area contributed by atoms with Crippen LogP contribution >= 0.6 is 11.3 Å². The van der Waals surface area contributed by atoms with Crippen molar-refractivity contribution in [3.05, 3.63) is 36.0 Å². The summed E-state index contributed by atoms with van der Waals surface area (Å²) in [5, 5.41) is 3.90. The fourth-order valence-corrected chi connectivity index (χ4v) is 3.57. The lowest BCUT2D eigenvalue weighted by atomic mass is 10.1. The van der Waals surface area contributed by atoms with E-state index in [0.29, 0.717) is 16.2 Å². The first-order valence-corrected chi connectivity index (χ1v) is 7.96. The maximum Gasteiger partial charge on any atom is 0.269 e. The molecule has 1 N–H and O–H groups in total. The van der Waals surface area contributed by atoms with Crippen LogP contribution in [0.5, 0.6) is 0 Å². The highest BCUT2D eigenvalue weighted by molar-refractivity contribution is 7.91. The van der Waals surface area contributed by atoms with Crippen molar-refractivity contribution in [3.8, 4) is 11.3 Å². The Kier molecular flexibility index (Phi) is 3.23. The lowest BCUT2D eigenvalue weighted by molar-refractivity contribution is 0.509. The molecule has 0 fully saturated rings. The van der Waals surface area contributed by atoms with Crippen LogP contribution in [0.1, 0.15) is 0 Å². The molecule has 0 aliphatic rings. The van der Waals surface area contributed by atoms with Crippen molar-refractivity contribution in [1.29, 1.82) is 0 Å². The molecule has 0 atom stereocenters. The number of benzene rings is 1. The van der Waals surface area contributed by atoms with Gasteiger partial charge in [-0.3, -0.25) is 0 Å². The van der Waals surface area contributed by atoms with Gasteiger partial charge in [0, 0.05) is 5.56 Å². The van der Waals surface area contributed by atoms with E-state index in [4.69, 9.17) is 0 Å². The van der Waals surface area contributed by atoms with Crippen molar-refractivity contribution < 1.29 is 17.2 Å².